The van der Waals surface area contributed by atoms with Crippen LogP contribution in [0.2, 0.25) is 5.02 Å². The SMILES string of the molecule is O=C(O)/C(=C\c1ccccc1OCCOc1ccccc1Cl)c1ccccc1. The summed E-state index contributed by atoms with van der Waals surface area (Å²) < 4.78 is 11.4. The highest BCUT2D eigenvalue weighted by atomic mass is 35.5. The number of hydrogen-bond donors (Lipinski definition) is 1. The van der Waals surface area contributed by atoms with Gasteiger partial charge in [0.25, 0.3) is 0 Å². The third-order valence-electron chi connectivity index (χ3n) is 3.97. The lowest BCUT2D eigenvalue weighted by Gasteiger charge is -2.12. The lowest BCUT2D eigenvalue weighted by Crippen LogP contribution is -2.10. The van der Waals surface area contributed by atoms with Crippen LogP contribution in [0, 0.1) is 0 Å². The molecule has 0 unspecified atom stereocenters. The second-order valence-electron chi connectivity index (χ2n) is 5.89. The van der Waals surface area contributed by atoms with Crippen molar-refractivity contribution < 1.29 is 19.4 Å². The number of ether oxygens (including phenoxy) is 2. The minimum absolute atomic E-state index is 0.198. The van der Waals surface area contributed by atoms with Crippen LogP contribution >= 0.6 is 11.6 Å². The maximum absolute atomic E-state index is 11.7. The summed E-state index contributed by atoms with van der Waals surface area (Å²) in [6.07, 6.45) is 1.61. The minimum atomic E-state index is -0.997. The monoisotopic (exact) mass is 394 g/mol. The van der Waals surface area contributed by atoms with Gasteiger partial charge in [-0.05, 0) is 29.8 Å². The number of rotatable bonds is 8. The molecule has 0 bridgehead atoms. The van der Waals surface area contributed by atoms with Gasteiger partial charge < -0.3 is 14.6 Å². The van der Waals surface area contributed by atoms with E-state index in [4.69, 9.17) is 21.1 Å². The normalized spacial score (nSPS) is 11.1. The zero-order valence-electron chi connectivity index (χ0n) is 15.0. The summed E-state index contributed by atoms with van der Waals surface area (Å²) in [4.78, 5) is 11.7. The molecule has 3 aromatic carbocycles. The Morgan fingerprint density at radius 3 is 2.07 bits per heavy atom. The highest BCUT2D eigenvalue weighted by molar-refractivity contribution is 6.32. The average Bonchev–Trinajstić information content (AvgIpc) is 2.72. The molecule has 0 saturated carbocycles. The van der Waals surface area contributed by atoms with Gasteiger partial charge in [0.05, 0.1) is 10.6 Å². The topological polar surface area (TPSA) is 55.8 Å². The van der Waals surface area contributed by atoms with Crippen molar-refractivity contribution in [2.24, 2.45) is 0 Å². The van der Waals surface area contributed by atoms with Crippen LogP contribution in [-0.2, 0) is 4.79 Å². The number of hydrogen-bond acceptors (Lipinski definition) is 3. The van der Waals surface area contributed by atoms with E-state index >= 15 is 0 Å². The van der Waals surface area contributed by atoms with Crippen LogP contribution in [0.25, 0.3) is 11.6 Å². The molecule has 0 aliphatic carbocycles. The molecule has 0 amide bonds. The molecule has 0 heterocycles. The van der Waals surface area contributed by atoms with E-state index < -0.39 is 5.97 Å². The van der Waals surface area contributed by atoms with Crippen LogP contribution in [0.3, 0.4) is 0 Å². The van der Waals surface area contributed by atoms with Crippen molar-refractivity contribution in [2.75, 3.05) is 13.2 Å². The van der Waals surface area contributed by atoms with Gasteiger partial charge in [-0.15, -0.1) is 0 Å². The number of para-hydroxylation sites is 2. The van der Waals surface area contributed by atoms with E-state index in [0.717, 1.165) is 0 Å². The van der Waals surface area contributed by atoms with Crippen LogP contribution in [0.1, 0.15) is 11.1 Å². The summed E-state index contributed by atoms with van der Waals surface area (Å²) in [5, 5.41) is 10.1. The molecule has 0 aromatic heterocycles. The summed E-state index contributed by atoms with van der Waals surface area (Å²) in [6, 6.07) is 23.5. The second kappa shape index (κ2) is 9.62. The van der Waals surface area contributed by atoms with Gasteiger partial charge in [-0.25, -0.2) is 4.79 Å². The van der Waals surface area contributed by atoms with Crippen molar-refractivity contribution in [2.45, 2.75) is 0 Å². The van der Waals surface area contributed by atoms with E-state index in [1.165, 1.54) is 0 Å². The predicted octanol–water partition coefficient (Wildman–Crippen LogP) is 5.42. The smallest absolute Gasteiger partial charge is 0.336 e. The molecule has 0 atom stereocenters. The average molecular weight is 395 g/mol. The molecule has 4 nitrogen and oxygen atoms in total. The lowest BCUT2D eigenvalue weighted by molar-refractivity contribution is -0.130. The van der Waals surface area contributed by atoms with Crippen molar-refractivity contribution in [3.05, 3.63) is 95.0 Å². The summed E-state index contributed by atoms with van der Waals surface area (Å²) in [5.41, 5.74) is 1.51. The summed E-state index contributed by atoms with van der Waals surface area (Å²) in [6.45, 7) is 0.607. The van der Waals surface area contributed by atoms with Crippen molar-refractivity contribution in [1.82, 2.24) is 0 Å². The van der Waals surface area contributed by atoms with Gasteiger partial charge in [0.2, 0.25) is 0 Å². The quantitative estimate of drug-likeness (QED) is 0.315. The molecule has 0 fully saturated rings. The van der Waals surface area contributed by atoms with Crippen LogP contribution in [0.15, 0.2) is 78.9 Å². The fourth-order valence-electron chi connectivity index (χ4n) is 2.64. The molecular formula is C23H19ClO4. The molecule has 142 valence electrons. The van der Waals surface area contributed by atoms with E-state index in [-0.39, 0.29) is 5.57 Å². The fourth-order valence-corrected chi connectivity index (χ4v) is 2.83. The first-order valence-corrected chi connectivity index (χ1v) is 9.12. The van der Waals surface area contributed by atoms with Crippen molar-refractivity contribution in [1.29, 1.82) is 0 Å². The Morgan fingerprint density at radius 2 is 1.39 bits per heavy atom. The molecule has 1 N–H and O–H groups in total. The zero-order chi connectivity index (χ0) is 19.8. The lowest BCUT2D eigenvalue weighted by atomic mass is 10.0. The number of aliphatic carboxylic acids is 1. The number of carbonyl (C=O) groups is 1. The van der Waals surface area contributed by atoms with Gasteiger partial charge in [-0.2, -0.15) is 0 Å². The van der Waals surface area contributed by atoms with Gasteiger partial charge in [-0.1, -0.05) is 72.3 Å². The highest BCUT2D eigenvalue weighted by Gasteiger charge is 2.12. The van der Waals surface area contributed by atoms with E-state index in [0.29, 0.717) is 40.9 Å². The molecule has 5 heteroatoms. The Balaban J connectivity index is 1.72. The molecule has 0 aliphatic heterocycles. The van der Waals surface area contributed by atoms with Gasteiger partial charge in [0.15, 0.2) is 0 Å². The molecule has 0 radical (unpaired) electrons. The first kappa shape index (κ1) is 19.5. The number of carboxylic acid groups (broad SMARTS) is 1. The van der Waals surface area contributed by atoms with E-state index in [2.05, 4.69) is 0 Å². The Kier molecular flexibility index (Phi) is 6.71. The Bertz CT molecular complexity index is 967. The molecule has 0 spiro atoms. The molecule has 28 heavy (non-hydrogen) atoms. The molecule has 0 aliphatic rings. The van der Waals surface area contributed by atoms with E-state index in [1.807, 2.05) is 36.4 Å². The Morgan fingerprint density at radius 1 is 0.821 bits per heavy atom. The zero-order valence-corrected chi connectivity index (χ0v) is 15.8. The van der Waals surface area contributed by atoms with Gasteiger partial charge in [0.1, 0.15) is 24.7 Å². The third-order valence-corrected chi connectivity index (χ3v) is 4.28. The van der Waals surface area contributed by atoms with Crippen molar-refractivity contribution >= 4 is 29.2 Å². The number of carboxylic acids is 1. The number of halogens is 1. The number of benzene rings is 3. The van der Waals surface area contributed by atoms with Gasteiger partial charge in [-0.3, -0.25) is 0 Å². The first-order chi connectivity index (χ1) is 13.6. The van der Waals surface area contributed by atoms with Crippen LogP contribution in [0.5, 0.6) is 11.5 Å². The maximum atomic E-state index is 11.7. The highest BCUT2D eigenvalue weighted by Crippen LogP contribution is 2.26. The molecular weight excluding hydrogens is 376 g/mol. The van der Waals surface area contributed by atoms with Crippen LogP contribution in [0.4, 0.5) is 0 Å². The largest absolute Gasteiger partial charge is 0.489 e. The van der Waals surface area contributed by atoms with Crippen molar-refractivity contribution in [3.8, 4) is 11.5 Å². The Hall–Kier alpha value is -3.24. The minimum Gasteiger partial charge on any atom is -0.489 e. The van der Waals surface area contributed by atoms with Gasteiger partial charge in [0, 0.05) is 5.56 Å². The van der Waals surface area contributed by atoms with Crippen molar-refractivity contribution in [3.63, 3.8) is 0 Å². The standard InChI is InChI=1S/C23H19ClO4/c24-20-11-5-7-13-22(20)28-15-14-27-21-12-6-4-10-18(21)16-19(23(25)26)17-8-2-1-3-9-17/h1-13,16H,14-15H2,(H,25,26)/b19-16-. The van der Waals surface area contributed by atoms with E-state index in [9.17, 15) is 9.90 Å². The van der Waals surface area contributed by atoms with Crippen LogP contribution in [-0.4, -0.2) is 24.3 Å². The third kappa shape index (κ3) is 5.15. The van der Waals surface area contributed by atoms with E-state index in [1.54, 1.807) is 48.5 Å². The predicted molar refractivity (Wildman–Crippen MR) is 111 cm³/mol. The molecule has 0 saturated heterocycles. The molecule has 3 aromatic rings. The summed E-state index contributed by atoms with van der Waals surface area (Å²) in [5.74, 6) is 0.182. The van der Waals surface area contributed by atoms with Crippen LogP contribution < -0.4 is 9.47 Å². The first-order valence-electron chi connectivity index (χ1n) is 8.75. The maximum Gasteiger partial charge on any atom is 0.336 e. The van der Waals surface area contributed by atoms with Gasteiger partial charge >= 0.3 is 5.97 Å². The second-order valence-corrected chi connectivity index (χ2v) is 6.30. The summed E-state index contributed by atoms with van der Waals surface area (Å²) in [7, 11) is 0. The molecule has 3 rings (SSSR count). The fraction of sp³-hybridized carbons (Fsp3) is 0.0870. The summed E-state index contributed by atoms with van der Waals surface area (Å²) >= 11 is 6.06. The Labute approximate surface area is 168 Å².